The van der Waals surface area contributed by atoms with Gasteiger partial charge in [-0.25, -0.2) is 0 Å². The fourth-order valence-electron chi connectivity index (χ4n) is 4.85. The SMILES string of the molecule is CC12CCC(c3nnc(=NCCN4CCCCC4)sc31)C2(C)C. The van der Waals surface area contributed by atoms with Crippen LogP contribution in [-0.2, 0) is 5.41 Å². The molecule has 4 nitrogen and oxygen atoms in total. The van der Waals surface area contributed by atoms with Gasteiger partial charge in [-0.2, -0.15) is 5.10 Å². The Kier molecular flexibility index (Phi) is 3.84. The Morgan fingerprint density at radius 2 is 1.96 bits per heavy atom. The summed E-state index contributed by atoms with van der Waals surface area (Å²) in [5.74, 6) is 0.591. The second-order valence-electron chi connectivity index (χ2n) is 8.23. The third-order valence-electron chi connectivity index (χ3n) is 6.84. The van der Waals surface area contributed by atoms with Crippen molar-refractivity contribution in [1.82, 2.24) is 15.1 Å². The molecule has 0 radical (unpaired) electrons. The summed E-state index contributed by atoms with van der Waals surface area (Å²) in [5, 5.41) is 9.03. The highest BCUT2D eigenvalue weighted by Gasteiger charge is 2.61. The highest BCUT2D eigenvalue weighted by Crippen LogP contribution is 2.67. The number of hydrogen-bond acceptors (Lipinski definition) is 5. The Morgan fingerprint density at radius 1 is 1.17 bits per heavy atom. The number of nitrogens with zero attached hydrogens (tertiary/aromatic N) is 4. The summed E-state index contributed by atoms with van der Waals surface area (Å²) >= 11 is 1.80. The number of aromatic nitrogens is 2. The zero-order chi connectivity index (χ0) is 16.1. The third kappa shape index (κ3) is 2.39. The predicted molar refractivity (Wildman–Crippen MR) is 93.7 cm³/mol. The summed E-state index contributed by atoms with van der Waals surface area (Å²) in [5.41, 5.74) is 1.85. The number of rotatable bonds is 3. The largest absolute Gasteiger partial charge is 0.301 e. The van der Waals surface area contributed by atoms with Crippen molar-refractivity contribution < 1.29 is 0 Å². The molecule has 2 heterocycles. The van der Waals surface area contributed by atoms with E-state index in [1.807, 2.05) is 0 Å². The van der Waals surface area contributed by atoms with Crippen LogP contribution < -0.4 is 4.80 Å². The summed E-state index contributed by atoms with van der Waals surface area (Å²) in [4.78, 5) is 9.62. The Hall–Kier alpha value is -0.810. The van der Waals surface area contributed by atoms with Crippen molar-refractivity contribution in [2.24, 2.45) is 10.4 Å². The van der Waals surface area contributed by atoms with Crippen LogP contribution in [-0.4, -0.2) is 41.3 Å². The topological polar surface area (TPSA) is 41.4 Å². The summed E-state index contributed by atoms with van der Waals surface area (Å²) in [7, 11) is 0. The quantitative estimate of drug-likeness (QED) is 0.854. The fraction of sp³-hybridized carbons (Fsp3) is 0.833. The Bertz CT molecular complexity index is 659. The first-order valence-corrected chi connectivity index (χ1v) is 9.95. The average Bonchev–Trinajstić information content (AvgIpc) is 2.88. The predicted octanol–water partition coefficient (Wildman–Crippen LogP) is 3.10. The first kappa shape index (κ1) is 15.7. The van der Waals surface area contributed by atoms with Crippen molar-refractivity contribution >= 4 is 11.3 Å². The molecule has 1 saturated carbocycles. The molecule has 2 aliphatic carbocycles. The summed E-state index contributed by atoms with van der Waals surface area (Å²) in [6.45, 7) is 11.6. The molecule has 3 aliphatic rings. The van der Waals surface area contributed by atoms with Gasteiger partial charge in [0, 0.05) is 22.8 Å². The normalized spacial score (nSPS) is 33.2. The highest BCUT2D eigenvalue weighted by atomic mass is 32.1. The minimum absolute atomic E-state index is 0.269. The van der Waals surface area contributed by atoms with Crippen molar-refractivity contribution in [3.63, 3.8) is 0 Å². The fourth-order valence-corrected chi connectivity index (χ4v) is 6.15. The van der Waals surface area contributed by atoms with Gasteiger partial charge in [-0.1, -0.05) is 38.5 Å². The Balaban J connectivity index is 1.54. The first-order chi connectivity index (χ1) is 11.0. The van der Waals surface area contributed by atoms with Crippen molar-refractivity contribution in [3.05, 3.63) is 15.4 Å². The van der Waals surface area contributed by atoms with Crippen LogP contribution in [0.1, 0.15) is 69.4 Å². The van der Waals surface area contributed by atoms with E-state index in [1.165, 1.54) is 55.8 Å². The van der Waals surface area contributed by atoms with E-state index in [2.05, 4.69) is 35.9 Å². The van der Waals surface area contributed by atoms with Gasteiger partial charge in [0.25, 0.3) is 0 Å². The van der Waals surface area contributed by atoms with Gasteiger partial charge in [-0.15, -0.1) is 5.10 Å². The van der Waals surface area contributed by atoms with E-state index in [9.17, 15) is 0 Å². The van der Waals surface area contributed by atoms with Crippen LogP contribution in [0.15, 0.2) is 4.99 Å². The smallest absolute Gasteiger partial charge is 0.225 e. The van der Waals surface area contributed by atoms with Crippen LogP contribution in [0.25, 0.3) is 0 Å². The van der Waals surface area contributed by atoms with E-state index < -0.39 is 0 Å². The van der Waals surface area contributed by atoms with E-state index in [0.29, 0.717) is 11.3 Å². The molecular weight excluding hydrogens is 304 g/mol. The highest BCUT2D eigenvalue weighted by molar-refractivity contribution is 7.09. The maximum atomic E-state index is 4.74. The summed E-state index contributed by atoms with van der Waals surface area (Å²) in [6, 6.07) is 0. The van der Waals surface area contributed by atoms with E-state index in [1.54, 1.807) is 11.3 Å². The zero-order valence-electron chi connectivity index (χ0n) is 14.6. The van der Waals surface area contributed by atoms with Gasteiger partial charge >= 0.3 is 0 Å². The molecule has 2 fully saturated rings. The van der Waals surface area contributed by atoms with Crippen LogP contribution in [0.4, 0.5) is 0 Å². The van der Waals surface area contributed by atoms with Gasteiger partial charge in [-0.3, -0.25) is 4.99 Å². The second kappa shape index (κ2) is 5.62. The molecule has 0 amide bonds. The molecular formula is C18H28N4S. The Morgan fingerprint density at radius 3 is 2.74 bits per heavy atom. The molecule has 2 bridgehead atoms. The molecule has 1 aromatic rings. The minimum Gasteiger partial charge on any atom is -0.301 e. The van der Waals surface area contributed by atoms with E-state index >= 15 is 0 Å². The molecule has 23 heavy (non-hydrogen) atoms. The molecule has 5 heteroatoms. The van der Waals surface area contributed by atoms with Gasteiger partial charge in [0.1, 0.15) is 0 Å². The minimum atomic E-state index is 0.269. The molecule has 0 N–H and O–H groups in total. The zero-order valence-corrected chi connectivity index (χ0v) is 15.5. The molecule has 1 saturated heterocycles. The van der Waals surface area contributed by atoms with Crippen LogP contribution in [0.2, 0.25) is 0 Å². The monoisotopic (exact) mass is 332 g/mol. The molecule has 2 atom stereocenters. The first-order valence-electron chi connectivity index (χ1n) is 9.13. The molecule has 1 aromatic heterocycles. The van der Waals surface area contributed by atoms with Crippen LogP contribution in [0.5, 0.6) is 0 Å². The lowest BCUT2D eigenvalue weighted by Crippen LogP contribution is -2.32. The molecule has 0 spiro atoms. The van der Waals surface area contributed by atoms with E-state index in [0.717, 1.165) is 17.9 Å². The standard InChI is InChI=1S/C18H28N4S/c1-17(2)13-7-8-18(17,3)15-14(13)20-21-16(23-15)19-9-12-22-10-5-4-6-11-22/h13H,4-12H2,1-3H3. The molecule has 4 rings (SSSR count). The van der Waals surface area contributed by atoms with Gasteiger partial charge < -0.3 is 4.90 Å². The lowest BCUT2D eigenvalue weighted by Gasteiger charge is -2.34. The van der Waals surface area contributed by atoms with Crippen molar-refractivity contribution in [2.75, 3.05) is 26.2 Å². The molecule has 0 aromatic carbocycles. The lowest BCUT2D eigenvalue weighted by molar-refractivity contribution is 0.232. The van der Waals surface area contributed by atoms with Crippen LogP contribution >= 0.6 is 11.3 Å². The molecule has 126 valence electrons. The number of likely N-dealkylation sites (tertiary alicyclic amines) is 1. The molecule has 2 unspecified atom stereocenters. The Labute approximate surface area is 143 Å². The van der Waals surface area contributed by atoms with Gasteiger partial charge in [0.05, 0.1) is 12.2 Å². The van der Waals surface area contributed by atoms with Gasteiger partial charge in [0.2, 0.25) is 4.80 Å². The summed E-state index contributed by atoms with van der Waals surface area (Å²) < 4.78 is 0. The van der Waals surface area contributed by atoms with Crippen molar-refractivity contribution in [1.29, 1.82) is 0 Å². The van der Waals surface area contributed by atoms with Crippen molar-refractivity contribution in [3.8, 4) is 0 Å². The van der Waals surface area contributed by atoms with Gasteiger partial charge in [0.15, 0.2) is 0 Å². The number of fused-ring (bicyclic) bond motifs is 5. The van der Waals surface area contributed by atoms with Crippen LogP contribution in [0.3, 0.4) is 0 Å². The maximum Gasteiger partial charge on any atom is 0.225 e. The summed E-state index contributed by atoms with van der Waals surface area (Å²) in [6.07, 6.45) is 6.63. The second-order valence-corrected chi connectivity index (χ2v) is 9.21. The van der Waals surface area contributed by atoms with E-state index in [4.69, 9.17) is 4.99 Å². The average molecular weight is 333 g/mol. The number of piperidine rings is 1. The number of hydrogen-bond donors (Lipinski definition) is 0. The maximum absolute atomic E-state index is 4.74. The van der Waals surface area contributed by atoms with E-state index in [-0.39, 0.29) is 5.41 Å². The third-order valence-corrected chi connectivity index (χ3v) is 8.10. The molecule has 1 aliphatic heterocycles. The lowest BCUT2D eigenvalue weighted by atomic mass is 9.71. The van der Waals surface area contributed by atoms with Gasteiger partial charge in [-0.05, 0) is 44.2 Å². The van der Waals surface area contributed by atoms with Crippen LogP contribution in [0, 0.1) is 5.41 Å². The van der Waals surface area contributed by atoms with Crippen molar-refractivity contribution in [2.45, 2.75) is 64.2 Å².